The number of hydrogen-bond donors (Lipinski definition) is 1. The van der Waals surface area contributed by atoms with Crippen molar-refractivity contribution in [2.24, 2.45) is 0 Å². The van der Waals surface area contributed by atoms with Crippen LogP contribution in [0.2, 0.25) is 0 Å². The zero-order chi connectivity index (χ0) is 14.7. The lowest BCUT2D eigenvalue weighted by molar-refractivity contribution is -0.128. The number of rotatable bonds is 4. The highest BCUT2D eigenvalue weighted by atomic mass is 32.2. The Morgan fingerprint density at radius 1 is 1.19 bits per heavy atom. The smallest absolute Gasteiger partial charge is 0.233 e. The summed E-state index contributed by atoms with van der Waals surface area (Å²) in [6, 6.07) is 7.15. The number of aromatic hydroxyl groups is 1. The molecule has 1 N–H and O–H groups in total. The molecule has 2 fully saturated rings. The number of phenolic OH excluding ortho intramolecular Hbond substituents is 1. The van der Waals surface area contributed by atoms with E-state index < -0.39 is 0 Å². The maximum atomic E-state index is 12.1. The monoisotopic (exact) mass is 308 g/mol. The molecule has 1 atom stereocenters. The molecule has 0 aromatic heterocycles. The summed E-state index contributed by atoms with van der Waals surface area (Å²) in [5.74, 6) is 0.994. The predicted octanol–water partition coefficient (Wildman–Crippen LogP) is 1.30. The SMILES string of the molecule is O=C1CS[C@H](c2ccc(O)cc2)N1CCN1CCOCC1. The van der Waals surface area contributed by atoms with Crippen LogP contribution in [-0.2, 0) is 9.53 Å². The lowest BCUT2D eigenvalue weighted by Crippen LogP contribution is -2.42. The van der Waals surface area contributed by atoms with Gasteiger partial charge in [0.15, 0.2) is 0 Å². The molecular formula is C15H20N2O3S. The van der Waals surface area contributed by atoms with E-state index in [1.807, 2.05) is 17.0 Å². The van der Waals surface area contributed by atoms with Gasteiger partial charge in [-0.3, -0.25) is 9.69 Å². The van der Waals surface area contributed by atoms with Crippen molar-refractivity contribution in [1.29, 1.82) is 0 Å². The van der Waals surface area contributed by atoms with Crippen LogP contribution in [-0.4, -0.2) is 66.0 Å². The zero-order valence-electron chi connectivity index (χ0n) is 11.9. The first-order valence-electron chi connectivity index (χ1n) is 7.24. The summed E-state index contributed by atoms with van der Waals surface area (Å²) in [7, 11) is 0. The molecule has 6 heteroatoms. The largest absolute Gasteiger partial charge is 0.508 e. The van der Waals surface area contributed by atoms with Gasteiger partial charge in [0.2, 0.25) is 5.91 Å². The van der Waals surface area contributed by atoms with E-state index in [-0.39, 0.29) is 17.0 Å². The Bertz CT molecular complexity index is 488. The highest BCUT2D eigenvalue weighted by Gasteiger charge is 2.32. The highest BCUT2D eigenvalue weighted by Crippen LogP contribution is 2.38. The van der Waals surface area contributed by atoms with Crippen molar-refractivity contribution in [1.82, 2.24) is 9.80 Å². The molecule has 114 valence electrons. The van der Waals surface area contributed by atoms with Crippen LogP contribution in [0.15, 0.2) is 24.3 Å². The third-order valence-electron chi connectivity index (χ3n) is 3.91. The molecule has 2 aliphatic heterocycles. The van der Waals surface area contributed by atoms with E-state index in [2.05, 4.69) is 4.90 Å². The molecule has 1 amide bonds. The summed E-state index contributed by atoms with van der Waals surface area (Å²) in [4.78, 5) is 16.4. The van der Waals surface area contributed by atoms with Gasteiger partial charge in [0.05, 0.1) is 19.0 Å². The molecule has 0 spiro atoms. The number of carbonyl (C=O) groups is 1. The van der Waals surface area contributed by atoms with Gasteiger partial charge in [-0.05, 0) is 17.7 Å². The van der Waals surface area contributed by atoms with Crippen LogP contribution in [0.25, 0.3) is 0 Å². The lowest BCUT2D eigenvalue weighted by Gasteiger charge is -2.30. The van der Waals surface area contributed by atoms with Crippen molar-refractivity contribution in [3.63, 3.8) is 0 Å². The second kappa shape index (κ2) is 6.68. The van der Waals surface area contributed by atoms with Crippen molar-refractivity contribution in [2.75, 3.05) is 45.1 Å². The average molecular weight is 308 g/mol. The number of hydrogen-bond acceptors (Lipinski definition) is 5. The maximum Gasteiger partial charge on any atom is 0.233 e. The minimum Gasteiger partial charge on any atom is -0.508 e. The van der Waals surface area contributed by atoms with E-state index >= 15 is 0 Å². The van der Waals surface area contributed by atoms with Crippen LogP contribution in [0.3, 0.4) is 0 Å². The molecule has 1 aromatic carbocycles. The van der Waals surface area contributed by atoms with Gasteiger partial charge >= 0.3 is 0 Å². The number of carbonyl (C=O) groups excluding carboxylic acids is 1. The fraction of sp³-hybridized carbons (Fsp3) is 0.533. The van der Waals surface area contributed by atoms with Crippen LogP contribution in [0.1, 0.15) is 10.9 Å². The Balaban J connectivity index is 1.63. The van der Waals surface area contributed by atoms with Crippen LogP contribution < -0.4 is 0 Å². The summed E-state index contributed by atoms with van der Waals surface area (Å²) in [6.07, 6.45) is 0. The van der Waals surface area contributed by atoms with E-state index in [4.69, 9.17) is 4.74 Å². The summed E-state index contributed by atoms with van der Waals surface area (Å²) in [5, 5.41) is 9.45. The quantitative estimate of drug-likeness (QED) is 0.908. The maximum absolute atomic E-state index is 12.1. The van der Waals surface area contributed by atoms with Gasteiger partial charge < -0.3 is 14.7 Å². The van der Waals surface area contributed by atoms with E-state index in [1.165, 1.54) is 0 Å². The molecule has 0 saturated carbocycles. The van der Waals surface area contributed by atoms with E-state index in [1.54, 1.807) is 23.9 Å². The number of phenols is 1. The Hall–Kier alpha value is -1.24. The van der Waals surface area contributed by atoms with Gasteiger partial charge in [-0.25, -0.2) is 0 Å². The number of nitrogens with zero attached hydrogens (tertiary/aromatic N) is 2. The third kappa shape index (κ3) is 3.51. The van der Waals surface area contributed by atoms with Crippen LogP contribution in [0, 0.1) is 0 Å². The second-order valence-electron chi connectivity index (χ2n) is 5.30. The third-order valence-corrected chi connectivity index (χ3v) is 5.16. The average Bonchev–Trinajstić information content (AvgIpc) is 2.88. The van der Waals surface area contributed by atoms with E-state index in [0.29, 0.717) is 5.75 Å². The normalized spacial score (nSPS) is 23.7. The predicted molar refractivity (Wildman–Crippen MR) is 82.3 cm³/mol. The van der Waals surface area contributed by atoms with Gasteiger partial charge in [0.1, 0.15) is 11.1 Å². The van der Waals surface area contributed by atoms with Crippen molar-refractivity contribution in [3.05, 3.63) is 29.8 Å². The van der Waals surface area contributed by atoms with Crippen LogP contribution in [0.5, 0.6) is 5.75 Å². The highest BCUT2D eigenvalue weighted by molar-refractivity contribution is 8.00. The standard InChI is InChI=1S/C15H20N2O3S/c18-13-3-1-12(2-4-13)15-17(14(19)11-21-15)6-5-16-7-9-20-10-8-16/h1-4,15,18H,5-11H2/t15-/m1/s1. The van der Waals surface area contributed by atoms with Gasteiger partial charge in [-0.2, -0.15) is 0 Å². The molecule has 0 aliphatic carbocycles. The molecule has 21 heavy (non-hydrogen) atoms. The van der Waals surface area contributed by atoms with Crippen molar-refractivity contribution < 1.29 is 14.6 Å². The summed E-state index contributed by atoms with van der Waals surface area (Å²) in [5.41, 5.74) is 1.07. The molecule has 0 bridgehead atoms. The Morgan fingerprint density at radius 3 is 2.62 bits per heavy atom. The first-order valence-corrected chi connectivity index (χ1v) is 8.29. The fourth-order valence-electron chi connectivity index (χ4n) is 2.68. The van der Waals surface area contributed by atoms with Crippen molar-refractivity contribution in [2.45, 2.75) is 5.37 Å². The first-order chi connectivity index (χ1) is 10.2. The molecule has 2 aliphatic rings. The lowest BCUT2D eigenvalue weighted by atomic mass is 10.2. The molecule has 2 saturated heterocycles. The Morgan fingerprint density at radius 2 is 1.90 bits per heavy atom. The first kappa shape index (κ1) is 14.7. The van der Waals surface area contributed by atoms with Gasteiger partial charge in [-0.15, -0.1) is 11.8 Å². The Kier molecular flexibility index (Phi) is 4.67. The molecule has 0 unspecified atom stereocenters. The van der Waals surface area contributed by atoms with Crippen molar-refractivity contribution >= 4 is 17.7 Å². The molecular weight excluding hydrogens is 288 g/mol. The molecule has 1 aromatic rings. The summed E-state index contributed by atoms with van der Waals surface area (Å²) in [6.45, 7) is 5.09. The van der Waals surface area contributed by atoms with E-state index in [9.17, 15) is 9.90 Å². The number of morpholine rings is 1. The number of amides is 1. The Labute approximate surface area is 128 Å². The number of thioether (sulfide) groups is 1. The number of ether oxygens (including phenoxy) is 1. The topological polar surface area (TPSA) is 53.0 Å². The fourth-order valence-corrected chi connectivity index (χ4v) is 3.90. The van der Waals surface area contributed by atoms with Gasteiger partial charge in [0, 0.05) is 26.2 Å². The molecule has 0 radical (unpaired) electrons. The van der Waals surface area contributed by atoms with E-state index in [0.717, 1.165) is 45.0 Å². The second-order valence-corrected chi connectivity index (χ2v) is 6.36. The van der Waals surface area contributed by atoms with Gasteiger partial charge in [-0.1, -0.05) is 12.1 Å². The summed E-state index contributed by atoms with van der Waals surface area (Å²) < 4.78 is 5.34. The molecule has 5 nitrogen and oxygen atoms in total. The van der Waals surface area contributed by atoms with Crippen LogP contribution in [0.4, 0.5) is 0 Å². The zero-order valence-corrected chi connectivity index (χ0v) is 12.7. The van der Waals surface area contributed by atoms with Crippen molar-refractivity contribution in [3.8, 4) is 5.75 Å². The minimum absolute atomic E-state index is 0.0686. The van der Waals surface area contributed by atoms with Gasteiger partial charge in [0.25, 0.3) is 0 Å². The summed E-state index contributed by atoms with van der Waals surface area (Å²) >= 11 is 1.66. The molecule has 3 rings (SSSR count). The number of benzene rings is 1. The van der Waals surface area contributed by atoms with Crippen LogP contribution >= 0.6 is 11.8 Å². The molecule has 2 heterocycles. The minimum atomic E-state index is 0.0686.